The molecule has 1 unspecified atom stereocenters. The average Bonchev–Trinajstić information content (AvgIpc) is 2.98. The Balaban J connectivity index is 1.62. The van der Waals surface area contributed by atoms with E-state index in [2.05, 4.69) is 25.9 Å². The number of hydrogen-bond donors (Lipinski definition) is 0. The minimum absolute atomic E-state index is 0.0603. The van der Waals surface area contributed by atoms with Crippen LogP contribution in [-0.2, 0) is 0 Å². The van der Waals surface area contributed by atoms with Crippen molar-refractivity contribution in [2.75, 3.05) is 18.0 Å². The van der Waals surface area contributed by atoms with Crippen LogP contribution in [0.4, 0.5) is 5.82 Å². The minimum atomic E-state index is 0.0603. The summed E-state index contributed by atoms with van der Waals surface area (Å²) >= 11 is 0. The molecule has 1 saturated heterocycles. The van der Waals surface area contributed by atoms with Crippen LogP contribution in [0.25, 0.3) is 0 Å². The summed E-state index contributed by atoms with van der Waals surface area (Å²) in [4.78, 5) is 14.8. The van der Waals surface area contributed by atoms with Gasteiger partial charge in [0.05, 0.1) is 12.1 Å². The SMILES string of the molecule is Cc1cnc(OC2CCN(c3ccc(C#N)cn3)C2)nc1. The Morgan fingerprint density at radius 2 is 2.05 bits per heavy atom. The molecule has 0 spiro atoms. The molecule has 1 fully saturated rings. The molecule has 1 atom stereocenters. The summed E-state index contributed by atoms with van der Waals surface area (Å²) in [7, 11) is 0. The Labute approximate surface area is 123 Å². The number of nitriles is 1. The number of ether oxygens (including phenoxy) is 1. The van der Waals surface area contributed by atoms with Crippen molar-refractivity contribution < 1.29 is 4.74 Å². The molecule has 0 N–H and O–H groups in total. The maximum Gasteiger partial charge on any atom is 0.316 e. The highest BCUT2D eigenvalue weighted by atomic mass is 16.5. The molecule has 6 nitrogen and oxygen atoms in total. The number of pyridine rings is 1. The third-order valence-corrected chi connectivity index (χ3v) is 3.38. The largest absolute Gasteiger partial charge is 0.458 e. The lowest BCUT2D eigenvalue weighted by Gasteiger charge is -2.17. The quantitative estimate of drug-likeness (QED) is 0.852. The van der Waals surface area contributed by atoms with Gasteiger partial charge in [-0.25, -0.2) is 15.0 Å². The Hall–Kier alpha value is -2.68. The maximum absolute atomic E-state index is 8.78. The van der Waals surface area contributed by atoms with Gasteiger partial charge in [0, 0.05) is 31.6 Å². The minimum Gasteiger partial charge on any atom is -0.458 e. The highest BCUT2D eigenvalue weighted by molar-refractivity contribution is 5.43. The summed E-state index contributed by atoms with van der Waals surface area (Å²) in [5, 5.41) is 8.78. The fourth-order valence-electron chi connectivity index (χ4n) is 2.26. The smallest absolute Gasteiger partial charge is 0.316 e. The number of aryl methyl sites for hydroxylation is 1. The second kappa shape index (κ2) is 5.75. The van der Waals surface area contributed by atoms with E-state index < -0.39 is 0 Å². The van der Waals surface area contributed by atoms with E-state index in [0.29, 0.717) is 11.6 Å². The Morgan fingerprint density at radius 3 is 2.71 bits per heavy atom. The first kappa shape index (κ1) is 13.3. The van der Waals surface area contributed by atoms with Gasteiger partial charge in [0.2, 0.25) is 0 Å². The number of hydrogen-bond acceptors (Lipinski definition) is 6. The van der Waals surface area contributed by atoms with Crippen molar-refractivity contribution in [3.63, 3.8) is 0 Å². The van der Waals surface area contributed by atoms with E-state index in [4.69, 9.17) is 10.00 Å². The van der Waals surface area contributed by atoms with Crippen molar-refractivity contribution in [2.45, 2.75) is 19.4 Å². The van der Waals surface area contributed by atoms with E-state index in [1.54, 1.807) is 24.7 Å². The molecule has 1 aliphatic heterocycles. The molecule has 2 aromatic heterocycles. The van der Waals surface area contributed by atoms with Gasteiger partial charge in [0.25, 0.3) is 0 Å². The fourth-order valence-corrected chi connectivity index (χ4v) is 2.26. The lowest BCUT2D eigenvalue weighted by atomic mass is 10.3. The Kier molecular flexibility index (Phi) is 3.65. The predicted molar refractivity (Wildman–Crippen MR) is 77.0 cm³/mol. The lowest BCUT2D eigenvalue weighted by Crippen LogP contribution is -2.25. The van der Waals surface area contributed by atoms with Crippen LogP contribution in [0.1, 0.15) is 17.5 Å². The van der Waals surface area contributed by atoms with Crippen LogP contribution in [-0.4, -0.2) is 34.1 Å². The Morgan fingerprint density at radius 1 is 1.24 bits per heavy atom. The first-order chi connectivity index (χ1) is 10.2. The van der Waals surface area contributed by atoms with Crippen molar-refractivity contribution in [3.05, 3.63) is 41.9 Å². The zero-order valence-corrected chi connectivity index (χ0v) is 11.7. The average molecular weight is 281 g/mol. The lowest BCUT2D eigenvalue weighted by molar-refractivity contribution is 0.206. The molecular formula is C15H15N5O. The third-order valence-electron chi connectivity index (χ3n) is 3.38. The first-order valence-corrected chi connectivity index (χ1v) is 6.81. The molecule has 3 heterocycles. The van der Waals surface area contributed by atoms with Gasteiger partial charge in [-0.3, -0.25) is 0 Å². The molecule has 0 aromatic carbocycles. The number of rotatable bonds is 3. The molecule has 0 amide bonds. The van der Waals surface area contributed by atoms with Crippen molar-refractivity contribution in [1.82, 2.24) is 15.0 Å². The van der Waals surface area contributed by atoms with Gasteiger partial charge < -0.3 is 9.64 Å². The summed E-state index contributed by atoms with van der Waals surface area (Å²) in [5.41, 5.74) is 1.58. The molecular weight excluding hydrogens is 266 g/mol. The highest BCUT2D eigenvalue weighted by Gasteiger charge is 2.25. The van der Waals surface area contributed by atoms with Crippen molar-refractivity contribution in [2.24, 2.45) is 0 Å². The standard InChI is InChI=1S/C15H15N5O/c1-11-7-18-15(19-8-11)21-13-4-5-20(10-13)14-3-2-12(6-16)9-17-14/h2-3,7-9,13H,4-5,10H2,1H3. The van der Waals surface area contributed by atoms with Crippen molar-refractivity contribution in [3.8, 4) is 12.1 Å². The molecule has 6 heteroatoms. The summed E-state index contributed by atoms with van der Waals surface area (Å²) in [6.07, 6.45) is 6.05. The molecule has 0 aliphatic carbocycles. The van der Waals surface area contributed by atoms with Crippen LogP contribution in [0.5, 0.6) is 6.01 Å². The van der Waals surface area contributed by atoms with Crippen LogP contribution in [0.2, 0.25) is 0 Å². The second-order valence-electron chi connectivity index (χ2n) is 5.03. The van der Waals surface area contributed by atoms with Crippen molar-refractivity contribution >= 4 is 5.82 Å². The van der Waals surface area contributed by atoms with Gasteiger partial charge in [-0.2, -0.15) is 5.26 Å². The van der Waals surface area contributed by atoms with Crippen LogP contribution in [0.15, 0.2) is 30.7 Å². The molecule has 2 aromatic rings. The molecule has 1 aliphatic rings. The molecule has 3 rings (SSSR count). The number of anilines is 1. The van der Waals surface area contributed by atoms with Crippen LogP contribution in [0.3, 0.4) is 0 Å². The predicted octanol–water partition coefficient (Wildman–Crippen LogP) is 1.71. The van der Waals surface area contributed by atoms with Crippen LogP contribution < -0.4 is 9.64 Å². The molecule has 0 bridgehead atoms. The number of nitrogens with zero attached hydrogens (tertiary/aromatic N) is 5. The van der Waals surface area contributed by atoms with E-state index >= 15 is 0 Å². The monoisotopic (exact) mass is 281 g/mol. The van der Waals surface area contributed by atoms with Crippen LogP contribution in [0, 0.1) is 18.3 Å². The summed E-state index contributed by atoms with van der Waals surface area (Å²) in [6.45, 7) is 3.56. The Bertz CT molecular complexity index is 647. The van der Waals surface area contributed by atoms with E-state index in [0.717, 1.165) is 30.9 Å². The van der Waals surface area contributed by atoms with E-state index in [1.165, 1.54) is 0 Å². The highest BCUT2D eigenvalue weighted by Crippen LogP contribution is 2.20. The van der Waals surface area contributed by atoms with Crippen molar-refractivity contribution in [1.29, 1.82) is 5.26 Å². The first-order valence-electron chi connectivity index (χ1n) is 6.81. The summed E-state index contributed by atoms with van der Waals surface area (Å²) in [6, 6.07) is 6.13. The number of aromatic nitrogens is 3. The van der Waals surface area contributed by atoms with E-state index in [9.17, 15) is 0 Å². The van der Waals surface area contributed by atoms with Crippen LogP contribution >= 0.6 is 0 Å². The molecule has 0 saturated carbocycles. The van der Waals surface area contributed by atoms with Gasteiger partial charge in [-0.05, 0) is 24.6 Å². The van der Waals surface area contributed by atoms with Gasteiger partial charge in [0.1, 0.15) is 18.0 Å². The summed E-state index contributed by atoms with van der Waals surface area (Å²) < 4.78 is 5.78. The summed E-state index contributed by atoms with van der Waals surface area (Å²) in [5.74, 6) is 0.866. The fraction of sp³-hybridized carbons (Fsp3) is 0.333. The van der Waals surface area contributed by atoms with E-state index in [-0.39, 0.29) is 6.10 Å². The normalized spacial score (nSPS) is 17.5. The molecule has 0 radical (unpaired) electrons. The third kappa shape index (κ3) is 3.08. The zero-order chi connectivity index (χ0) is 14.7. The topological polar surface area (TPSA) is 74.9 Å². The zero-order valence-electron chi connectivity index (χ0n) is 11.7. The maximum atomic E-state index is 8.78. The van der Waals surface area contributed by atoms with Gasteiger partial charge in [0.15, 0.2) is 0 Å². The van der Waals surface area contributed by atoms with Gasteiger partial charge >= 0.3 is 6.01 Å². The van der Waals surface area contributed by atoms with Gasteiger partial charge in [-0.1, -0.05) is 0 Å². The van der Waals surface area contributed by atoms with Gasteiger partial charge in [-0.15, -0.1) is 0 Å². The van der Waals surface area contributed by atoms with E-state index in [1.807, 2.05) is 13.0 Å². The molecule has 106 valence electrons. The molecule has 21 heavy (non-hydrogen) atoms. The second-order valence-corrected chi connectivity index (χ2v) is 5.03.